The minimum Gasteiger partial charge on any atom is -0.314 e. The number of thioether (sulfide) groups is 1. The predicted octanol–water partition coefficient (Wildman–Crippen LogP) is 4.35. The Morgan fingerprint density at radius 2 is 1.75 bits per heavy atom. The van der Waals surface area contributed by atoms with Crippen LogP contribution >= 0.6 is 27.7 Å². The monoisotopic (exact) mass is 349 g/mol. The number of benzene rings is 2. The summed E-state index contributed by atoms with van der Waals surface area (Å²) in [6, 6.07) is 17.9. The second-order valence-corrected chi connectivity index (χ2v) is 6.22. The summed E-state index contributed by atoms with van der Waals surface area (Å²) < 4.78 is 0.934. The second-order valence-electron chi connectivity index (χ2n) is 4.38. The first kappa shape index (κ1) is 15.1. The zero-order chi connectivity index (χ0) is 14.4. The topological polar surface area (TPSA) is 20.3 Å². The highest BCUT2D eigenvalue weighted by Gasteiger charge is 2.12. The molecule has 0 fully saturated rings. The van der Waals surface area contributed by atoms with E-state index in [0.29, 0.717) is 5.75 Å². The lowest BCUT2D eigenvalue weighted by atomic mass is 10.2. The summed E-state index contributed by atoms with van der Waals surface area (Å²) in [6.07, 6.45) is 0. The fraction of sp³-hybridized carbons (Fsp3) is 0.188. The molecule has 0 spiro atoms. The summed E-state index contributed by atoms with van der Waals surface area (Å²) >= 11 is 5.11. The smallest absolute Gasteiger partial charge is 0.236 e. The minimum atomic E-state index is 0.109. The van der Waals surface area contributed by atoms with Crippen LogP contribution in [-0.4, -0.2) is 18.7 Å². The van der Waals surface area contributed by atoms with Gasteiger partial charge in [-0.1, -0.05) is 42.5 Å². The Morgan fingerprint density at radius 1 is 1.10 bits per heavy atom. The zero-order valence-electron chi connectivity index (χ0n) is 11.3. The van der Waals surface area contributed by atoms with Crippen molar-refractivity contribution < 1.29 is 4.79 Å². The predicted molar refractivity (Wildman–Crippen MR) is 90.2 cm³/mol. The van der Waals surface area contributed by atoms with Crippen LogP contribution in [0, 0.1) is 0 Å². The summed E-state index contributed by atoms with van der Waals surface area (Å²) in [7, 11) is 1.81. The number of para-hydroxylation sites is 1. The van der Waals surface area contributed by atoms with Gasteiger partial charge in [-0.05, 0) is 33.6 Å². The Balaban J connectivity index is 1.87. The van der Waals surface area contributed by atoms with Gasteiger partial charge in [0.25, 0.3) is 0 Å². The van der Waals surface area contributed by atoms with Crippen LogP contribution in [0.5, 0.6) is 0 Å². The van der Waals surface area contributed by atoms with E-state index in [4.69, 9.17) is 0 Å². The van der Waals surface area contributed by atoms with E-state index in [-0.39, 0.29) is 5.91 Å². The van der Waals surface area contributed by atoms with Crippen LogP contribution in [0.3, 0.4) is 0 Å². The molecule has 2 aromatic carbocycles. The van der Waals surface area contributed by atoms with Gasteiger partial charge in [0, 0.05) is 17.3 Å². The highest BCUT2D eigenvalue weighted by Crippen LogP contribution is 2.25. The number of hydrogen-bond donors (Lipinski definition) is 0. The molecule has 0 aliphatic heterocycles. The zero-order valence-corrected chi connectivity index (χ0v) is 13.7. The Labute approximate surface area is 132 Å². The first-order valence-electron chi connectivity index (χ1n) is 6.31. The maximum absolute atomic E-state index is 12.2. The average Bonchev–Trinajstić information content (AvgIpc) is 2.48. The van der Waals surface area contributed by atoms with Crippen LogP contribution in [0.4, 0.5) is 5.69 Å². The number of carbonyl (C=O) groups is 1. The normalized spacial score (nSPS) is 10.3. The van der Waals surface area contributed by atoms with Crippen molar-refractivity contribution in [2.45, 2.75) is 5.75 Å². The maximum atomic E-state index is 12.2. The minimum absolute atomic E-state index is 0.109. The van der Waals surface area contributed by atoms with Crippen molar-refractivity contribution in [1.82, 2.24) is 0 Å². The average molecular weight is 350 g/mol. The molecule has 0 aromatic heterocycles. The molecule has 0 atom stereocenters. The van der Waals surface area contributed by atoms with Crippen molar-refractivity contribution in [1.29, 1.82) is 0 Å². The van der Waals surface area contributed by atoms with E-state index in [2.05, 4.69) is 28.1 Å². The van der Waals surface area contributed by atoms with Crippen LogP contribution < -0.4 is 4.90 Å². The van der Waals surface area contributed by atoms with Crippen molar-refractivity contribution in [2.75, 3.05) is 17.7 Å². The summed E-state index contributed by atoms with van der Waals surface area (Å²) in [6.45, 7) is 0. The molecular formula is C16H16BrNOS. The van der Waals surface area contributed by atoms with Crippen molar-refractivity contribution >= 4 is 39.3 Å². The quantitative estimate of drug-likeness (QED) is 0.799. The molecule has 0 aliphatic carbocycles. The van der Waals surface area contributed by atoms with Crippen LogP contribution in [0.15, 0.2) is 59.1 Å². The van der Waals surface area contributed by atoms with Crippen LogP contribution in [0.1, 0.15) is 5.56 Å². The second kappa shape index (κ2) is 7.50. The number of amides is 1. The lowest BCUT2D eigenvalue weighted by molar-refractivity contribution is -0.115. The summed E-state index contributed by atoms with van der Waals surface area (Å²) in [5.41, 5.74) is 2.15. The Kier molecular flexibility index (Phi) is 5.68. The molecule has 0 saturated carbocycles. The number of carbonyl (C=O) groups excluding carboxylic acids is 1. The van der Waals surface area contributed by atoms with Gasteiger partial charge >= 0.3 is 0 Å². The van der Waals surface area contributed by atoms with E-state index < -0.39 is 0 Å². The molecule has 0 unspecified atom stereocenters. The van der Waals surface area contributed by atoms with Gasteiger partial charge < -0.3 is 4.90 Å². The van der Waals surface area contributed by atoms with Gasteiger partial charge in [-0.25, -0.2) is 0 Å². The molecule has 1 amide bonds. The van der Waals surface area contributed by atoms with Crippen LogP contribution in [0.25, 0.3) is 0 Å². The maximum Gasteiger partial charge on any atom is 0.236 e. The van der Waals surface area contributed by atoms with Crippen LogP contribution in [-0.2, 0) is 10.5 Å². The van der Waals surface area contributed by atoms with E-state index in [1.165, 1.54) is 5.56 Å². The number of nitrogens with zero attached hydrogens (tertiary/aromatic N) is 1. The van der Waals surface area contributed by atoms with Gasteiger partial charge in [-0.2, -0.15) is 0 Å². The van der Waals surface area contributed by atoms with Gasteiger partial charge in [0.15, 0.2) is 0 Å². The Hall–Kier alpha value is -1.26. The fourth-order valence-corrected chi connectivity index (χ4v) is 3.23. The highest BCUT2D eigenvalue weighted by molar-refractivity contribution is 9.10. The molecule has 0 bridgehead atoms. The number of anilines is 1. The lowest BCUT2D eigenvalue weighted by Crippen LogP contribution is -2.28. The largest absolute Gasteiger partial charge is 0.314 e. The molecule has 2 aromatic rings. The van der Waals surface area contributed by atoms with Crippen molar-refractivity contribution in [3.63, 3.8) is 0 Å². The van der Waals surface area contributed by atoms with Gasteiger partial charge in [-0.3, -0.25) is 4.79 Å². The van der Waals surface area contributed by atoms with Crippen molar-refractivity contribution in [3.8, 4) is 0 Å². The lowest BCUT2D eigenvalue weighted by Gasteiger charge is -2.18. The van der Waals surface area contributed by atoms with Gasteiger partial charge in [0.1, 0.15) is 0 Å². The molecule has 2 nitrogen and oxygen atoms in total. The molecule has 0 saturated heterocycles. The fourth-order valence-electron chi connectivity index (χ4n) is 1.79. The molecule has 0 N–H and O–H groups in total. The standard InChI is InChI=1S/C16H16BrNOS/c1-18(15-10-6-5-9-14(15)17)16(19)12-20-11-13-7-3-2-4-8-13/h2-10H,11-12H2,1H3. The third kappa shape index (κ3) is 4.12. The van der Waals surface area contributed by atoms with Gasteiger partial charge in [0.05, 0.1) is 11.4 Å². The van der Waals surface area contributed by atoms with E-state index in [1.807, 2.05) is 49.5 Å². The summed E-state index contributed by atoms with van der Waals surface area (Å²) in [4.78, 5) is 13.9. The van der Waals surface area contributed by atoms with Gasteiger partial charge in [0.2, 0.25) is 5.91 Å². The van der Waals surface area contributed by atoms with Crippen LogP contribution in [0.2, 0.25) is 0 Å². The van der Waals surface area contributed by atoms with Crippen molar-refractivity contribution in [3.05, 3.63) is 64.6 Å². The molecule has 4 heteroatoms. The van der Waals surface area contributed by atoms with E-state index in [9.17, 15) is 4.79 Å². The SMILES string of the molecule is CN(C(=O)CSCc1ccccc1)c1ccccc1Br. The van der Waals surface area contributed by atoms with E-state index in [0.717, 1.165) is 15.9 Å². The third-order valence-electron chi connectivity index (χ3n) is 2.92. The molecule has 2 rings (SSSR count). The Morgan fingerprint density at radius 3 is 2.45 bits per heavy atom. The Bertz CT molecular complexity index is 574. The molecule has 0 radical (unpaired) electrons. The van der Waals surface area contributed by atoms with Crippen molar-refractivity contribution in [2.24, 2.45) is 0 Å². The summed E-state index contributed by atoms with van der Waals surface area (Å²) in [5.74, 6) is 1.45. The third-order valence-corrected chi connectivity index (χ3v) is 4.58. The number of halogens is 1. The summed E-state index contributed by atoms with van der Waals surface area (Å²) in [5, 5.41) is 0. The molecule has 0 aliphatic rings. The number of hydrogen-bond acceptors (Lipinski definition) is 2. The first-order chi connectivity index (χ1) is 9.68. The number of rotatable bonds is 5. The highest BCUT2D eigenvalue weighted by atomic mass is 79.9. The molecule has 104 valence electrons. The molecule has 0 heterocycles. The first-order valence-corrected chi connectivity index (χ1v) is 8.26. The molecule has 20 heavy (non-hydrogen) atoms. The van der Waals surface area contributed by atoms with E-state index in [1.54, 1.807) is 16.7 Å². The van der Waals surface area contributed by atoms with E-state index >= 15 is 0 Å². The molecular weight excluding hydrogens is 334 g/mol. The van der Waals surface area contributed by atoms with Gasteiger partial charge in [-0.15, -0.1) is 11.8 Å².